The number of hydrogen-bond acceptors (Lipinski definition) is 1. The van der Waals surface area contributed by atoms with Gasteiger partial charge in [0.25, 0.3) is 0 Å². The van der Waals surface area contributed by atoms with Crippen molar-refractivity contribution in [3.05, 3.63) is 47.5 Å². The molecule has 0 atom stereocenters. The third-order valence-electron chi connectivity index (χ3n) is 3.38. The Labute approximate surface area is 125 Å². The van der Waals surface area contributed by atoms with Crippen LogP contribution in [0.1, 0.15) is 52.2 Å². The Morgan fingerprint density at radius 2 is 1.70 bits per heavy atom. The maximum atomic E-state index is 3.46. The molecule has 20 heavy (non-hydrogen) atoms. The summed E-state index contributed by atoms with van der Waals surface area (Å²) in [6.45, 7) is 13.4. The van der Waals surface area contributed by atoms with Gasteiger partial charge in [-0.3, -0.25) is 0 Å². The second-order valence-electron chi connectivity index (χ2n) is 7.01. The molecule has 0 saturated heterocycles. The average molecular weight is 273 g/mol. The lowest BCUT2D eigenvalue weighted by molar-refractivity contribution is 0.556. The predicted octanol–water partition coefficient (Wildman–Crippen LogP) is 4.72. The van der Waals surface area contributed by atoms with Crippen LogP contribution in [0.15, 0.2) is 36.4 Å². The van der Waals surface area contributed by atoms with E-state index in [1.54, 1.807) is 0 Å². The van der Waals surface area contributed by atoms with Gasteiger partial charge >= 0.3 is 0 Å². The minimum absolute atomic E-state index is 0.246. The Morgan fingerprint density at radius 1 is 1.05 bits per heavy atom. The van der Waals surface area contributed by atoms with Crippen molar-refractivity contribution in [2.24, 2.45) is 5.92 Å². The molecule has 1 heteroatoms. The second kappa shape index (κ2) is 8.26. The fourth-order valence-electron chi connectivity index (χ4n) is 2.05. The molecule has 0 amide bonds. The van der Waals surface area contributed by atoms with Crippen molar-refractivity contribution in [2.75, 3.05) is 13.1 Å². The maximum absolute atomic E-state index is 3.46. The van der Waals surface area contributed by atoms with Crippen molar-refractivity contribution in [3.8, 4) is 0 Å². The molecule has 1 aromatic rings. The fourth-order valence-corrected chi connectivity index (χ4v) is 2.05. The van der Waals surface area contributed by atoms with E-state index in [1.807, 2.05) is 0 Å². The molecule has 0 unspecified atom stereocenters. The standard InChI is InChI=1S/C19H31N/c1-16(2)15-20-14-8-6-7-9-17-10-12-18(13-11-17)19(3,4)5/h6-7,10-13,16,20H,8-9,14-15H2,1-5H3. The van der Waals surface area contributed by atoms with Gasteiger partial charge in [0.15, 0.2) is 0 Å². The van der Waals surface area contributed by atoms with E-state index in [0.29, 0.717) is 0 Å². The molecule has 0 radical (unpaired) electrons. The first-order chi connectivity index (χ1) is 9.39. The topological polar surface area (TPSA) is 12.0 Å². The van der Waals surface area contributed by atoms with E-state index in [-0.39, 0.29) is 5.41 Å². The lowest BCUT2D eigenvalue weighted by Crippen LogP contribution is -2.20. The molecule has 1 rings (SSSR count). The van der Waals surface area contributed by atoms with Gasteiger partial charge in [0.05, 0.1) is 0 Å². The van der Waals surface area contributed by atoms with E-state index in [9.17, 15) is 0 Å². The fraction of sp³-hybridized carbons (Fsp3) is 0.579. The number of nitrogens with one attached hydrogen (secondary N) is 1. The van der Waals surface area contributed by atoms with Crippen LogP contribution in [0, 0.1) is 5.92 Å². The van der Waals surface area contributed by atoms with Gasteiger partial charge in [0, 0.05) is 0 Å². The third kappa shape index (κ3) is 6.91. The monoisotopic (exact) mass is 273 g/mol. The summed E-state index contributed by atoms with van der Waals surface area (Å²) in [4.78, 5) is 0. The average Bonchev–Trinajstić information content (AvgIpc) is 2.37. The molecule has 0 aliphatic rings. The molecule has 0 aromatic heterocycles. The van der Waals surface area contributed by atoms with Crippen LogP contribution in [-0.4, -0.2) is 13.1 Å². The van der Waals surface area contributed by atoms with Crippen LogP contribution < -0.4 is 5.32 Å². The van der Waals surface area contributed by atoms with Gasteiger partial charge in [-0.15, -0.1) is 0 Å². The second-order valence-corrected chi connectivity index (χ2v) is 7.01. The van der Waals surface area contributed by atoms with Gasteiger partial charge in [0.1, 0.15) is 0 Å². The summed E-state index contributed by atoms with van der Waals surface area (Å²) < 4.78 is 0. The maximum Gasteiger partial charge on any atom is -0.00142 e. The highest BCUT2D eigenvalue weighted by Gasteiger charge is 2.12. The summed E-state index contributed by atoms with van der Waals surface area (Å²) in [5.74, 6) is 0.736. The van der Waals surface area contributed by atoms with Crippen LogP contribution in [0.4, 0.5) is 0 Å². The highest BCUT2D eigenvalue weighted by atomic mass is 14.8. The molecule has 112 valence electrons. The molecule has 0 aliphatic carbocycles. The van der Waals surface area contributed by atoms with Gasteiger partial charge in [-0.2, -0.15) is 0 Å². The minimum atomic E-state index is 0.246. The summed E-state index contributed by atoms with van der Waals surface area (Å²) in [5.41, 5.74) is 3.05. The Morgan fingerprint density at radius 3 is 2.25 bits per heavy atom. The zero-order valence-electron chi connectivity index (χ0n) is 13.9. The van der Waals surface area contributed by atoms with Crippen molar-refractivity contribution in [3.63, 3.8) is 0 Å². The van der Waals surface area contributed by atoms with Crippen molar-refractivity contribution >= 4 is 0 Å². The minimum Gasteiger partial charge on any atom is -0.316 e. The lowest BCUT2D eigenvalue weighted by atomic mass is 9.86. The highest BCUT2D eigenvalue weighted by molar-refractivity contribution is 5.28. The van der Waals surface area contributed by atoms with E-state index in [1.165, 1.54) is 11.1 Å². The lowest BCUT2D eigenvalue weighted by Gasteiger charge is -2.18. The van der Waals surface area contributed by atoms with Crippen LogP contribution in [0.25, 0.3) is 0 Å². The molecule has 0 spiro atoms. The zero-order chi connectivity index (χ0) is 15.0. The zero-order valence-corrected chi connectivity index (χ0v) is 13.9. The van der Waals surface area contributed by atoms with E-state index in [0.717, 1.165) is 31.8 Å². The van der Waals surface area contributed by atoms with Gasteiger partial charge in [0.2, 0.25) is 0 Å². The van der Waals surface area contributed by atoms with E-state index < -0.39 is 0 Å². The Kier molecular flexibility index (Phi) is 7.01. The quantitative estimate of drug-likeness (QED) is 0.560. The summed E-state index contributed by atoms with van der Waals surface area (Å²) in [6, 6.07) is 9.02. The molecule has 0 saturated carbocycles. The summed E-state index contributed by atoms with van der Waals surface area (Å²) in [5, 5.41) is 3.46. The van der Waals surface area contributed by atoms with Crippen LogP contribution >= 0.6 is 0 Å². The summed E-state index contributed by atoms with van der Waals surface area (Å²) in [7, 11) is 0. The predicted molar refractivity (Wildman–Crippen MR) is 90.3 cm³/mol. The molecular weight excluding hydrogens is 242 g/mol. The third-order valence-corrected chi connectivity index (χ3v) is 3.38. The molecule has 1 nitrogen and oxygen atoms in total. The largest absolute Gasteiger partial charge is 0.316 e. The first-order valence-electron chi connectivity index (χ1n) is 7.84. The SMILES string of the molecule is CC(C)CNCCC=CCc1ccc(C(C)(C)C)cc1. The van der Waals surface area contributed by atoms with E-state index >= 15 is 0 Å². The van der Waals surface area contributed by atoms with Gasteiger partial charge in [-0.1, -0.05) is 71.0 Å². The first kappa shape index (κ1) is 17.0. The van der Waals surface area contributed by atoms with Crippen LogP contribution in [0.2, 0.25) is 0 Å². The van der Waals surface area contributed by atoms with Crippen molar-refractivity contribution in [1.29, 1.82) is 0 Å². The molecule has 0 aliphatic heterocycles. The molecule has 1 aromatic carbocycles. The van der Waals surface area contributed by atoms with Crippen LogP contribution in [0.5, 0.6) is 0 Å². The van der Waals surface area contributed by atoms with Crippen molar-refractivity contribution in [1.82, 2.24) is 5.32 Å². The molecule has 0 bridgehead atoms. The molecule has 0 heterocycles. The van der Waals surface area contributed by atoms with Gasteiger partial charge < -0.3 is 5.32 Å². The first-order valence-corrected chi connectivity index (χ1v) is 7.84. The van der Waals surface area contributed by atoms with Gasteiger partial charge in [-0.05, 0) is 48.4 Å². The molecule has 0 fully saturated rings. The number of hydrogen-bond donors (Lipinski definition) is 1. The summed E-state index contributed by atoms with van der Waals surface area (Å²) in [6.07, 6.45) is 6.72. The van der Waals surface area contributed by atoms with Gasteiger partial charge in [-0.25, -0.2) is 0 Å². The normalized spacial score (nSPS) is 12.5. The molecular formula is C19H31N. The van der Waals surface area contributed by atoms with Crippen molar-refractivity contribution in [2.45, 2.75) is 52.9 Å². The van der Waals surface area contributed by atoms with Crippen molar-refractivity contribution < 1.29 is 0 Å². The number of benzene rings is 1. The Hall–Kier alpha value is -1.08. The number of allylic oxidation sites excluding steroid dienone is 1. The summed E-state index contributed by atoms with van der Waals surface area (Å²) >= 11 is 0. The van der Waals surface area contributed by atoms with Crippen LogP contribution in [-0.2, 0) is 11.8 Å². The highest BCUT2D eigenvalue weighted by Crippen LogP contribution is 2.22. The Balaban J connectivity index is 2.28. The van der Waals surface area contributed by atoms with E-state index in [2.05, 4.69) is 76.4 Å². The van der Waals surface area contributed by atoms with Crippen LogP contribution in [0.3, 0.4) is 0 Å². The Bertz CT molecular complexity index is 393. The van der Waals surface area contributed by atoms with E-state index in [4.69, 9.17) is 0 Å². The smallest absolute Gasteiger partial charge is 0.00142 e. The molecule has 1 N–H and O–H groups in total. The number of rotatable bonds is 7.